The average molecular weight is 585 g/mol. The molecular formula is C30H40N4O6S. The molecule has 0 aromatic heterocycles. The molecule has 2 saturated heterocycles. The summed E-state index contributed by atoms with van der Waals surface area (Å²) in [6.07, 6.45) is 7.10. The number of carboxylic acids is 1. The Labute approximate surface area is 241 Å². The number of carbonyl (C=O) groups is 3. The molecule has 5 rings (SSSR count). The van der Waals surface area contributed by atoms with Gasteiger partial charge in [-0.15, -0.1) is 0 Å². The van der Waals surface area contributed by atoms with Gasteiger partial charge >= 0.3 is 12.0 Å². The molecular weight excluding hydrogens is 544 g/mol. The van der Waals surface area contributed by atoms with Gasteiger partial charge in [-0.2, -0.15) is 0 Å². The number of carbonyl (C=O) groups excluding carboxylic acids is 2. The Kier molecular flexibility index (Phi) is 9.83. The molecule has 3 fully saturated rings. The van der Waals surface area contributed by atoms with Crippen molar-refractivity contribution in [2.75, 3.05) is 25.9 Å². The lowest BCUT2D eigenvalue weighted by molar-refractivity contribution is -0.141. The molecule has 0 radical (unpaired) electrons. The number of aliphatic carboxylic acids is 1. The first-order valence-corrected chi connectivity index (χ1v) is 16.1. The topological polar surface area (TPSA) is 150 Å². The van der Waals surface area contributed by atoms with E-state index in [4.69, 9.17) is 10.8 Å². The number of sulfone groups is 1. The second kappa shape index (κ2) is 13.1. The SMILES string of the molecule is CS(=O)(=O)c1ccc(CN2C(=O)NC3(CCN(CC[C@H](N)c4ccccc4)CC3)C2=O)cc1.O=C(O)C1CCCC1. The van der Waals surface area contributed by atoms with Crippen molar-refractivity contribution in [1.82, 2.24) is 15.1 Å². The van der Waals surface area contributed by atoms with Crippen molar-refractivity contribution in [3.8, 4) is 0 Å². The zero-order chi connectivity index (χ0) is 29.6. The van der Waals surface area contributed by atoms with Gasteiger partial charge in [0, 0.05) is 25.4 Å². The highest BCUT2D eigenvalue weighted by Gasteiger charge is 2.52. The molecule has 3 aliphatic rings. The van der Waals surface area contributed by atoms with Gasteiger partial charge in [0.25, 0.3) is 5.91 Å². The van der Waals surface area contributed by atoms with Gasteiger partial charge in [0.15, 0.2) is 9.84 Å². The molecule has 1 spiro atoms. The van der Waals surface area contributed by atoms with Gasteiger partial charge in [-0.25, -0.2) is 13.2 Å². The lowest BCUT2D eigenvalue weighted by Crippen LogP contribution is -2.55. The summed E-state index contributed by atoms with van der Waals surface area (Å²) in [5.41, 5.74) is 7.27. The van der Waals surface area contributed by atoms with E-state index in [9.17, 15) is 22.8 Å². The van der Waals surface area contributed by atoms with E-state index in [1.54, 1.807) is 12.1 Å². The van der Waals surface area contributed by atoms with E-state index in [0.717, 1.165) is 50.5 Å². The highest BCUT2D eigenvalue weighted by molar-refractivity contribution is 7.90. The number of carboxylic acid groups (broad SMARTS) is 1. The molecule has 3 amide bonds. The number of hydrogen-bond donors (Lipinski definition) is 3. The summed E-state index contributed by atoms with van der Waals surface area (Å²) in [7, 11) is -3.29. The van der Waals surface area contributed by atoms with Gasteiger partial charge in [0.05, 0.1) is 17.4 Å². The standard InChI is InChI=1S/C24H30N4O4S.C6H10O2/c1-33(31,32)20-9-7-18(8-10-20)17-28-22(29)24(26-23(28)30)12-15-27(16-13-24)14-11-21(25)19-5-3-2-4-6-19;7-6(8)5-3-1-2-4-5/h2-10,21H,11-17,25H2,1H3,(H,26,30);5H,1-4H2,(H,7,8)/t21-;/m0./s1. The lowest BCUT2D eigenvalue weighted by atomic mass is 9.87. The smallest absolute Gasteiger partial charge is 0.325 e. The first kappa shape index (κ1) is 30.7. The van der Waals surface area contributed by atoms with Crippen LogP contribution in [-0.2, 0) is 26.0 Å². The number of nitrogens with zero attached hydrogens (tertiary/aromatic N) is 2. The molecule has 1 atom stereocenters. The van der Waals surface area contributed by atoms with Crippen LogP contribution in [0, 0.1) is 5.92 Å². The van der Waals surface area contributed by atoms with E-state index < -0.39 is 27.4 Å². The zero-order valence-corrected chi connectivity index (χ0v) is 24.3. The Bertz CT molecular complexity index is 1320. The van der Waals surface area contributed by atoms with E-state index in [1.165, 1.54) is 17.0 Å². The van der Waals surface area contributed by atoms with E-state index in [2.05, 4.69) is 10.2 Å². The van der Waals surface area contributed by atoms with Gasteiger partial charge in [-0.1, -0.05) is 55.3 Å². The largest absolute Gasteiger partial charge is 0.481 e. The summed E-state index contributed by atoms with van der Waals surface area (Å²) < 4.78 is 23.3. The van der Waals surface area contributed by atoms with Crippen LogP contribution in [0.25, 0.3) is 0 Å². The fourth-order valence-electron chi connectivity index (χ4n) is 5.70. The van der Waals surface area contributed by atoms with Gasteiger partial charge in [-0.05, 0) is 61.9 Å². The minimum atomic E-state index is -3.29. The number of nitrogens with two attached hydrogens (primary N) is 1. The highest BCUT2D eigenvalue weighted by Crippen LogP contribution is 2.31. The minimum Gasteiger partial charge on any atom is -0.481 e. The third-order valence-corrected chi connectivity index (χ3v) is 9.46. The number of hydrogen-bond acceptors (Lipinski definition) is 7. The molecule has 2 aromatic rings. The molecule has 1 aliphatic carbocycles. The molecule has 0 unspecified atom stereocenters. The minimum absolute atomic E-state index is 0.0185. The molecule has 222 valence electrons. The summed E-state index contributed by atoms with van der Waals surface area (Å²) in [6, 6.07) is 15.9. The average Bonchev–Trinajstić information content (AvgIpc) is 3.58. The van der Waals surface area contributed by atoms with Crippen molar-refractivity contribution in [3.63, 3.8) is 0 Å². The van der Waals surface area contributed by atoms with Crippen molar-refractivity contribution in [2.24, 2.45) is 11.7 Å². The van der Waals surface area contributed by atoms with Crippen LogP contribution in [0.15, 0.2) is 59.5 Å². The molecule has 2 aliphatic heterocycles. The lowest BCUT2D eigenvalue weighted by Gasteiger charge is -2.37. The maximum Gasteiger partial charge on any atom is 0.325 e. The van der Waals surface area contributed by atoms with E-state index in [0.29, 0.717) is 31.5 Å². The molecule has 41 heavy (non-hydrogen) atoms. The number of nitrogens with one attached hydrogen (secondary N) is 1. The summed E-state index contributed by atoms with van der Waals surface area (Å²) in [6.45, 7) is 2.38. The van der Waals surface area contributed by atoms with E-state index in [-0.39, 0.29) is 29.3 Å². The fourth-order valence-corrected chi connectivity index (χ4v) is 6.33. The molecule has 2 heterocycles. The quantitative estimate of drug-likeness (QED) is 0.400. The monoisotopic (exact) mass is 584 g/mol. The van der Waals surface area contributed by atoms with Crippen LogP contribution in [0.5, 0.6) is 0 Å². The maximum absolute atomic E-state index is 13.2. The molecule has 2 aromatic carbocycles. The number of piperidine rings is 1. The molecule has 11 heteroatoms. The summed E-state index contributed by atoms with van der Waals surface area (Å²) >= 11 is 0. The summed E-state index contributed by atoms with van der Waals surface area (Å²) in [4.78, 5) is 39.7. The van der Waals surface area contributed by atoms with Crippen molar-refractivity contribution >= 4 is 27.7 Å². The maximum atomic E-state index is 13.2. The predicted molar refractivity (Wildman–Crippen MR) is 155 cm³/mol. The summed E-state index contributed by atoms with van der Waals surface area (Å²) in [5, 5.41) is 11.3. The number of benzene rings is 2. The molecule has 0 bridgehead atoms. The van der Waals surface area contributed by atoms with Crippen LogP contribution in [0.4, 0.5) is 4.79 Å². The number of imide groups is 1. The van der Waals surface area contributed by atoms with E-state index >= 15 is 0 Å². The van der Waals surface area contributed by atoms with Gasteiger partial charge in [0.2, 0.25) is 0 Å². The van der Waals surface area contributed by atoms with Crippen LogP contribution in [0.1, 0.15) is 62.1 Å². The van der Waals surface area contributed by atoms with Crippen LogP contribution in [0.2, 0.25) is 0 Å². The molecule has 10 nitrogen and oxygen atoms in total. The number of urea groups is 1. The third kappa shape index (κ3) is 7.72. The zero-order valence-electron chi connectivity index (χ0n) is 23.5. The van der Waals surface area contributed by atoms with Crippen LogP contribution in [-0.4, -0.2) is 72.7 Å². The fraction of sp³-hybridized carbons (Fsp3) is 0.500. The molecule has 1 saturated carbocycles. The Morgan fingerprint density at radius 2 is 1.66 bits per heavy atom. The Morgan fingerprint density at radius 1 is 1.05 bits per heavy atom. The Balaban J connectivity index is 0.000000417. The molecule has 4 N–H and O–H groups in total. The van der Waals surface area contributed by atoms with Crippen LogP contribution < -0.4 is 11.1 Å². The van der Waals surface area contributed by atoms with E-state index in [1.807, 2.05) is 30.3 Å². The number of likely N-dealkylation sites (tertiary alicyclic amines) is 1. The van der Waals surface area contributed by atoms with Crippen molar-refractivity contribution in [3.05, 3.63) is 65.7 Å². The second-order valence-corrected chi connectivity index (χ2v) is 13.3. The Morgan fingerprint density at radius 3 is 2.20 bits per heavy atom. The first-order valence-electron chi connectivity index (χ1n) is 14.2. The van der Waals surface area contributed by atoms with Gasteiger partial charge in [-0.3, -0.25) is 14.5 Å². The third-order valence-electron chi connectivity index (χ3n) is 8.34. The number of rotatable bonds is 8. The van der Waals surface area contributed by atoms with Crippen molar-refractivity contribution < 1.29 is 27.9 Å². The first-order chi connectivity index (χ1) is 19.5. The van der Waals surface area contributed by atoms with Crippen molar-refractivity contribution in [2.45, 2.75) is 68.0 Å². The van der Waals surface area contributed by atoms with Gasteiger partial charge < -0.3 is 21.1 Å². The number of amides is 3. The van der Waals surface area contributed by atoms with Crippen LogP contribution >= 0.6 is 0 Å². The Hall–Kier alpha value is -3.28. The predicted octanol–water partition coefficient (Wildman–Crippen LogP) is 3.33. The van der Waals surface area contributed by atoms with Crippen LogP contribution in [0.3, 0.4) is 0 Å². The highest BCUT2D eigenvalue weighted by atomic mass is 32.2. The van der Waals surface area contributed by atoms with Gasteiger partial charge in [0.1, 0.15) is 5.54 Å². The normalized spacial score (nSPS) is 20.0. The van der Waals surface area contributed by atoms with Crippen molar-refractivity contribution in [1.29, 1.82) is 0 Å². The summed E-state index contributed by atoms with van der Waals surface area (Å²) in [5.74, 6) is -0.835. The second-order valence-electron chi connectivity index (χ2n) is 11.3.